The lowest BCUT2D eigenvalue weighted by atomic mass is 10.2. The van der Waals surface area contributed by atoms with Crippen LogP contribution in [0, 0.1) is 0 Å². The highest BCUT2D eigenvalue weighted by atomic mass is 16.1. The van der Waals surface area contributed by atoms with E-state index in [1.807, 2.05) is 24.3 Å². The molecule has 1 amide bonds. The predicted molar refractivity (Wildman–Crippen MR) is 70.1 cm³/mol. The van der Waals surface area contributed by atoms with Crippen molar-refractivity contribution in [3.8, 4) is 0 Å². The summed E-state index contributed by atoms with van der Waals surface area (Å²) in [6.45, 7) is 2.13. The molecule has 1 aromatic heterocycles. The van der Waals surface area contributed by atoms with Gasteiger partial charge in [-0.15, -0.1) is 0 Å². The molecule has 2 N–H and O–H groups in total. The van der Waals surface area contributed by atoms with E-state index in [0.717, 1.165) is 16.9 Å². The van der Waals surface area contributed by atoms with Crippen LogP contribution in [0.5, 0.6) is 0 Å². The number of nitrogens with one attached hydrogen (secondary N) is 2. The summed E-state index contributed by atoms with van der Waals surface area (Å²) < 4.78 is 0. The fourth-order valence-electron chi connectivity index (χ4n) is 1.54. The third-order valence-electron chi connectivity index (χ3n) is 2.29. The van der Waals surface area contributed by atoms with E-state index < -0.39 is 0 Å². The Balaban J connectivity index is 1.99. The van der Waals surface area contributed by atoms with Crippen LogP contribution in [0.2, 0.25) is 0 Å². The van der Waals surface area contributed by atoms with Crippen molar-refractivity contribution >= 4 is 17.3 Å². The molecule has 5 nitrogen and oxygen atoms in total. The van der Waals surface area contributed by atoms with E-state index in [-0.39, 0.29) is 5.91 Å². The van der Waals surface area contributed by atoms with E-state index in [9.17, 15) is 4.79 Å². The molecule has 0 spiro atoms. The standard InChI is InChI=1S/C13H14N4O/c1-10(18)17-13-4-2-3-12(5-13)16-8-11-6-14-9-15-7-11/h2-7,9,16H,8H2,1H3,(H,17,18). The van der Waals surface area contributed by atoms with Gasteiger partial charge in [-0.1, -0.05) is 6.07 Å². The molecule has 2 rings (SSSR count). The Kier molecular flexibility index (Phi) is 3.86. The maximum atomic E-state index is 11.0. The number of carbonyl (C=O) groups is 1. The van der Waals surface area contributed by atoms with Crippen LogP contribution < -0.4 is 10.6 Å². The Morgan fingerprint density at radius 2 is 1.94 bits per heavy atom. The van der Waals surface area contributed by atoms with Crippen LogP contribution in [0.4, 0.5) is 11.4 Å². The SMILES string of the molecule is CC(=O)Nc1cccc(NCc2cncnc2)c1. The van der Waals surface area contributed by atoms with Crippen molar-refractivity contribution in [1.82, 2.24) is 9.97 Å². The Morgan fingerprint density at radius 3 is 2.67 bits per heavy atom. The number of amides is 1. The van der Waals surface area contributed by atoms with Gasteiger partial charge in [0, 0.05) is 42.8 Å². The molecule has 1 heterocycles. The fraction of sp³-hybridized carbons (Fsp3) is 0.154. The van der Waals surface area contributed by atoms with E-state index in [2.05, 4.69) is 20.6 Å². The average molecular weight is 242 g/mol. The van der Waals surface area contributed by atoms with Gasteiger partial charge in [-0.25, -0.2) is 9.97 Å². The minimum absolute atomic E-state index is 0.0800. The normalized spacial score (nSPS) is 9.83. The van der Waals surface area contributed by atoms with Gasteiger partial charge in [0.2, 0.25) is 5.91 Å². The quantitative estimate of drug-likeness (QED) is 0.861. The molecule has 2 aromatic rings. The third kappa shape index (κ3) is 3.55. The summed E-state index contributed by atoms with van der Waals surface area (Å²) in [6, 6.07) is 7.55. The van der Waals surface area contributed by atoms with Gasteiger partial charge < -0.3 is 10.6 Å². The van der Waals surface area contributed by atoms with E-state index in [0.29, 0.717) is 6.54 Å². The Labute approximate surface area is 105 Å². The van der Waals surface area contributed by atoms with Gasteiger partial charge in [0.25, 0.3) is 0 Å². The molecule has 0 atom stereocenters. The fourth-order valence-corrected chi connectivity index (χ4v) is 1.54. The Bertz CT molecular complexity index is 528. The number of anilines is 2. The lowest BCUT2D eigenvalue weighted by Gasteiger charge is -2.08. The van der Waals surface area contributed by atoms with Crippen LogP contribution in [0.3, 0.4) is 0 Å². The van der Waals surface area contributed by atoms with Crippen molar-refractivity contribution in [2.24, 2.45) is 0 Å². The second kappa shape index (κ2) is 5.77. The van der Waals surface area contributed by atoms with Crippen molar-refractivity contribution in [2.45, 2.75) is 13.5 Å². The number of carbonyl (C=O) groups excluding carboxylic acids is 1. The van der Waals surface area contributed by atoms with Gasteiger partial charge in [0.15, 0.2) is 0 Å². The second-order valence-corrected chi connectivity index (χ2v) is 3.86. The van der Waals surface area contributed by atoms with Gasteiger partial charge in [-0.05, 0) is 18.2 Å². The van der Waals surface area contributed by atoms with Crippen molar-refractivity contribution in [2.75, 3.05) is 10.6 Å². The Morgan fingerprint density at radius 1 is 1.22 bits per heavy atom. The van der Waals surface area contributed by atoms with E-state index in [4.69, 9.17) is 0 Å². The smallest absolute Gasteiger partial charge is 0.221 e. The van der Waals surface area contributed by atoms with Gasteiger partial charge in [0.1, 0.15) is 6.33 Å². The number of hydrogen-bond donors (Lipinski definition) is 2. The first-order valence-electron chi connectivity index (χ1n) is 5.59. The molecule has 0 radical (unpaired) electrons. The van der Waals surface area contributed by atoms with Crippen LogP contribution >= 0.6 is 0 Å². The average Bonchev–Trinajstić information content (AvgIpc) is 2.37. The molecule has 0 aliphatic heterocycles. The molecule has 92 valence electrons. The van der Waals surface area contributed by atoms with Crippen LogP contribution in [0.25, 0.3) is 0 Å². The molecule has 0 aliphatic rings. The zero-order valence-corrected chi connectivity index (χ0v) is 10.1. The molecule has 0 saturated carbocycles. The first kappa shape index (κ1) is 12.0. The predicted octanol–water partition coefficient (Wildman–Crippen LogP) is 2.05. The molecule has 0 bridgehead atoms. The van der Waals surface area contributed by atoms with E-state index >= 15 is 0 Å². The molecular formula is C13H14N4O. The maximum Gasteiger partial charge on any atom is 0.221 e. The van der Waals surface area contributed by atoms with Crippen molar-refractivity contribution in [3.63, 3.8) is 0 Å². The monoisotopic (exact) mass is 242 g/mol. The Hall–Kier alpha value is -2.43. The van der Waals surface area contributed by atoms with Crippen molar-refractivity contribution < 1.29 is 4.79 Å². The molecule has 1 aromatic carbocycles. The lowest BCUT2D eigenvalue weighted by molar-refractivity contribution is -0.114. The summed E-state index contributed by atoms with van der Waals surface area (Å²) in [4.78, 5) is 18.8. The van der Waals surface area contributed by atoms with Gasteiger partial charge in [0.05, 0.1) is 0 Å². The van der Waals surface area contributed by atoms with Crippen LogP contribution in [0.15, 0.2) is 43.0 Å². The molecule has 0 saturated heterocycles. The van der Waals surface area contributed by atoms with Crippen LogP contribution in [0.1, 0.15) is 12.5 Å². The van der Waals surface area contributed by atoms with E-state index in [1.165, 1.54) is 13.3 Å². The number of hydrogen-bond acceptors (Lipinski definition) is 4. The minimum Gasteiger partial charge on any atom is -0.381 e. The maximum absolute atomic E-state index is 11.0. The number of nitrogens with zero attached hydrogens (tertiary/aromatic N) is 2. The van der Waals surface area contributed by atoms with Crippen molar-refractivity contribution in [1.29, 1.82) is 0 Å². The van der Waals surface area contributed by atoms with Crippen LogP contribution in [-0.4, -0.2) is 15.9 Å². The molecule has 0 aliphatic carbocycles. The highest BCUT2D eigenvalue weighted by Crippen LogP contribution is 2.15. The largest absolute Gasteiger partial charge is 0.381 e. The van der Waals surface area contributed by atoms with Crippen molar-refractivity contribution in [3.05, 3.63) is 48.5 Å². The first-order valence-corrected chi connectivity index (χ1v) is 5.59. The highest BCUT2D eigenvalue weighted by molar-refractivity contribution is 5.89. The number of aromatic nitrogens is 2. The highest BCUT2D eigenvalue weighted by Gasteiger charge is 1.98. The van der Waals surface area contributed by atoms with Gasteiger partial charge in [-0.2, -0.15) is 0 Å². The summed E-state index contributed by atoms with van der Waals surface area (Å²) in [7, 11) is 0. The van der Waals surface area contributed by atoms with Crippen LogP contribution in [-0.2, 0) is 11.3 Å². The molecule has 18 heavy (non-hydrogen) atoms. The molecule has 0 unspecified atom stereocenters. The molecular weight excluding hydrogens is 228 g/mol. The number of benzene rings is 1. The van der Waals surface area contributed by atoms with Gasteiger partial charge >= 0.3 is 0 Å². The zero-order valence-electron chi connectivity index (χ0n) is 10.1. The second-order valence-electron chi connectivity index (χ2n) is 3.86. The summed E-state index contributed by atoms with van der Waals surface area (Å²) in [6.07, 6.45) is 5.02. The molecule has 0 fully saturated rings. The number of rotatable bonds is 4. The lowest BCUT2D eigenvalue weighted by Crippen LogP contribution is -2.06. The summed E-state index contributed by atoms with van der Waals surface area (Å²) >= 11 is 0. The first-order chi connectivity index (χ1) is 8.74. The van der Waals surface area contributed by atoms with E-state index in [1.54, 1.807) is 12.4 Å². The zero-order chi connectivity index (χ0) is 12.8. The summed E-state index contributed by atoms with van der Waals surface area (Å²) in [5, 5.41) is 5.98. The summed E-state index contributed by atoms with van der Waals surface area (Å²) in [5.74, 6) is -0.0800. The summed E-state index contributed by atoms with van der Waals surface area (Å²) in [5.41, 5.74) is 2.71. The third-order valence-corrected chi connectivity index (χ3v) is 2.29. The molecule has 5 heteroatoms. The topological polar surface area (TPSA) is 66.9 Å². The van der Waals surface area contributed by atoms with Gasteiger partial charge in [-0.3, -0.25) is 4.79 Å². The minimum atomic E-state index is -0.0800.